The molecule has 1 amide bonds. The third-order valence-corrected chi connectivity index (χ3v) is 4.26. The molecule has 2 N–H and O–H groups in total. The van der Waals surface area contributed by atoms with E-state index in [2.05, 4.69) is 16.8 Å². The maximum absolute atomic E-state index is 12.7. The Morgan fingerprint density at radius 1 is 1.43 bits per heavy atom. The second-order valence-electron chi connectivity index (χ2n) is 5.44. The van der Waals surface area contributed by atoms with E-state index >= 15 is 0 Å². The van der Waals surface area contributed by atoms with Crippen molar-refractivity contribution in [2.45, 2.75) is 19.9 Å². The van der Waals surface area contributed by atoms with Gasteiger partial charge in [0.2, 0.25) is 0 Å². The highest BCUT2D eigenvalue weighted by Gasteiger charge is 2.21. The molecule has 0 bridgehead atoms. The molecule has 1 unspecified atom stereocenters. The van der Waals surface area contributed by atoms with Crippen LogP contribution < -0.4 is 5.73 Å². The second kappa shape index (κ2) is 6.41. The number of anilines is 1. The molecule has 114 valence electrons. The van der Waals surface area contributed by atoms with Crippen LogP contribution >= 0.6 is 11.3 Å². The first-order valence-corrected chi connectivity index (χ1v) is 7.85. The number of thiazole rings is 1. The number of likely N-dealkylation sites (N-methyl/N-ethyl adjacent to an activating group) is 2. The first-order valence-electron chi connectivity index (χ1n) is 7.04. The minimum atomic E-state index is 0.0562. The van der Waals surface area contributed by atoms with Crippen LogP contribution in [0.15, 0.2) is 18.2 Å². The average molecular weight is 306 g/mol. The fourth-order valence-electron chi connectivity index (χ4n) is 2.52. The monoisotopic (exact) mass is 306 g/mol. The zero-order chi connectivity index (χ0) is 15.6. The van der Waals surface area contributed by atoms with Crippen LogP contribution in [0.2, 0.25) is 0 Å². The van der Waals surface area contributed by atoms with Crippen LogP contribution in [0, 0.1) is 0 Å². The van der Waals surface area contributed by atoms with Crippen molar-refractivity contribution < 1.29 is 4.79 Å². The Bertz CT molecular complexity index is 638. The fourth-order valence-corrected chi connectivity index (χ4v) is 3.30. The van der Waals surface area contributed by atoms with Crippen molar-refractivity contribution in [3.63, 3.8) is 0 Å². The summed E-state index contributed by atoms with van der Waals surface area (Å²) in [5.74, 6) is 0.0562. The molecule has 21 heavy (non-hydrogen) atoms. The van der Waals surface area contributed by atoms with E-state index in [1.165, 1.54) is 11.3 Å². The van der Waals surface area contributed by atoms with Gasteiger partial charge in [0.1, 0.15) is 0 Å². The number of benzene rings is 1. The summed E-state index contributed by atoms with van der Waals surface area (Å²) in [5, 5.41) is 0.530. The number of rotatable bonds is 5. The van der Waals surface area contributed by atoms with Gasteiger partial charge >= 0.3 is 0 Å². The lowest BCUT2D eigenvalue weighted by Gasteiger charge is -2.30. The lowest BCUT2D eigenvalue weighted by atomic mass is 10.1. The smallest absolute Gasteiger partial charge is 0.254 e. The Balaban J connectivity index is 2.26. The normalized spacial score (nSPS) is 12.8. The highest BCUT2D eigenvalue weighted by molar-refractivity contribution is 7.22. The Morgan fingerprint density at radius 2 is 2.14 bits per heavy atom. The zero-order valence-electron chi connectivity index (χ0n) is 13.0. The molecule has 1 heterocycles. The van der Waals surface area contributed by atoms with E-state index in [-0.39, 0.29) is 11.9 Å². The third kappa shape index (κ3) is 3.51. The molecule has 0 spiro atoms. The number of nitrogen functional groups attached to an aromatic ring is 1. The van der Waals surface area contributed by atoms with E-state index in [1.54, 1.807) is 0 Å². The fraction of sp³-hybridized carbons (Fsp3) is 0.467. The van der Waals surface area contributed by atoms with Crippen molar-refractivity contribution in [1.82, 2.24) is 14.8 Å². The van der Waals surface area contributed by atoms with Gasteiger partial charge in [0.25, 0.3) is 5.91 Å². The molecule has 0 aliphatic carbocycles. The molecule has 0 radical (unpaired) electrons. The molecule has 0 aliphatic heterocycles. The molecule has 1 aromatic carbocycles. The van der Waals surface area contributed by atoms with Crippen LogP contribution in [-0.4, -0.2) is 53.9 Å². The number of nitrogens with zero attached hydrogens (tertiary/aromatic N) is 3. The summed E-state index contributed by atoms with van der Waals surface area (Å²) in [4.78, 5) is 20.9. The number of carbonyl (C=O) groups is 1. The van der Waals surface area contributed by atoms with Gasteiger partial charge in [0.05, 0.1) is 10.2 Å². The number of carbonyl (C=O) groups excluding carboxylic acids is 1. The topological polar surface area (TPSA) is 62.5 Å². The molecule has 1 atom stereocenters. The third-order valence-electron chi connectivity index (χ3n) is 3.41. The number of hydrogen-bond donors (Lipinski definition) is 1. The predicted octanol–water partition coefficient (Wildman–Crippen LogP) is 2.29. The van der Waals surface area contributed by atoms with Crippen molar-refractivity contribution in [1.29, 1.82) is 0 Å². The largest absolute Gasteiger partial charge is 0.375 e. The molecule has 0 fully saturated rings. The Morgan fingerprint density at radius 3 is 2.76 bits per heavy atom. The standard InChI is InChI=1S/C15H22N4OS/c1-5-19(10(2)9-18(3)4)14(20)11-6-7-12-13(8-11)21-15(16)17-12/h6-8,10H,5,9H2,1-4H3,(H2,16,17). The molecule has 1 aromatic heterocycles. The van der Waals surface area contributed by atoms with Gasteiger partial charge in [-0.25, -0.2) is 4.98 Å². The molecule has 6 heteroatoms. The van der Waals surface area contributed by atoms with Gasteiger partial charge < -0.3 is 15.5 Å². The van der Waals surface area contributed by atoms with E-state index in [0.717, 1.165) is 16.8 Å². The van der Waals surface area contributed by atoms with Gasteiger partial charge in [-0.15, -0.1) is 0 Å². The molecule has 2 rings (SSSR count). The molecule has 0 aliphatic rings. The number of fused-ring (bicyclic) bond motifs is 1. The van der Waals surface area contributed by atoms with Gasteiger partial charge in [-0.2, -0.15) is 0 Å². The quantitative estimate of drug-likeness (QED) is 0.920. The van der Waals surface area contributed by atoms with Crippen LogP contribution in [0.25, 0.3) is 10.2 Å². The van der Waals surface area contributed by atoms with Crippen LogP contribution in [-0.2, 0) is 0 Å². The summed E-state index contributed by atoms with van der Waals surface area (Å²) in [5.41, 5.74) is 7.25. The summed E-state index contributed by atoms with van der Waals surface area (Å²) < 4.78 is 0.953. The summed E-state index contributed by atoms with van der Waals surface area (Å²) in [7, 11) is 4.03. The van der Waals surface area contributed by atoms with Crippen molar-refractivity contribution in [3.8, 4) is 0 Å². The average Bonchev–Trinajstić information content (AvgIpc) is 2.77. The van der Waals surface area contributed by atoms with Crippen LogP contribution in [0.4, 0.5) is 5.13 Å². The minimum absolute atomic E-state index is 0.0562. The van der Waals surface area contributed by atoms with Crippen LogP contribution in [0.3, 0.4) is 0 Å². The van der Waals surface area contributed by atoms with Crippen molar-refractivity contribution >= 4 is 32.6 Å². The molecule has 2 aromatic rings. The van der Waals surface area contributed by atoms with Gasteiger partial charge in [-0.3, -0.25) is 4.79 Å². The summed E-state index contributed by atoms with van der Waals surface area (Å²) >= 11 is 1.41. The maximum Gasteiger partial charge on any atom is 0.254 e. The van der Waals surface area contributed by atoms with Gasteiger partial charge in [-0.05, 0) is 46.1 Å². The number of nitrogens with two attached hydrogens (primary N) is 1. The first-order chi connectivity index (χ1) is 9.92. The maximum atomic E-state index is 12.7. The number of hydrogen-bond acceptors (Lipinski definition) is 5. The number of amides is 1. The second-order valence-corrected chi connectivity index (χ2v) is 6.50. The Kier molecular flexibility index (Phi) is 4.80. The Labute approximate surface area is 129 Å². The van der Waals surface area contributed by atoms with E-state index in [4.69, 9.17) is 5.73 Å². The SMILES string of the molecule is CCN(C(=O)c1ccc2nc(N)sc2c1)C(C)CN(C)C. The summed E-state index contributed by atoms with van der Waals surface area (Å²) in [6.07, 6.45) is 0. The first kappa shape index (κ1) is 15.7. The van der Waals surface area contributed by atoms with Gasteiger partial charge in [0.15, 0.2) is 5.13 Å². The zero-order valence-corrected chi connectivity index (χ0v) is 13.8. The van der Waals surface area contributed by atoms with E-state index in [1.807, 2.05) is 44.1 Å². The molecule has 5 nitrogen and oxygen atoms in total. The predicted molar refractivity (Wildman–Crippen MR) is 88.8 cm³/mol. The molecule has 0 saturated heterocycles. The minimum Gasteiger partial charge on any atom is -0.375 e. The van der Waals surface area contributed by atoms with Crippen molar-refractivity contribution in [3.05, 3.63) is 23.8 Å². The van der Waals surface area contributed by atoms with E-state index in [9.17, 15) is 4.79 Å². The lowest BCUT2D eigenvalue weighted by molar-refractivity contribution is 0.0679. The number of aromatic nitrogens is 1. The lowest BCUT2D eigenvalue weighted by Crippen LogP contribution is -2.43. The van der Waals surface area contributed by atoms with Gasteiger partial charge in [0, 0.05) is 24.7 Å². The van der Waals surface area contributed by atoms with E-state index in [0.29, 0.717) is 17.2 Å². The molecular weight excluding hydrogens is 284 g/mol. The summed E-state index contributed by atoms with van der Waals surface area (Å²) in [6, 6.07) is 5.74. The highest BCUT2D eigenvalue weighted by Crippen LogP contribution is 2.25. The molecule has 0 saturated carbocycles. The van der Waals surface area contributed by atoms with E-state index < -0.39 is 0 Å². The van der Waals surface area contributed by atoms with Crippen LogP contribution in [0.5, 0.6) is 0 Å². The highest BCUT2D eigenvalue weighted by atomic mass is 32.1. The summed E-state index contributed by atoms with van der Waals surface area (Å²) in [6.45, 7) is 5.62. The van der Waals surface area contributed by atoms with Crippen LogP contribution in [0.1, 0.15) is 24.2 Å². The molecular formula is C15H22N4OS. The van der Waals surface area contributed by atoms with Crippen molar-refractivity contribution in [2.75, 3.05) is 32.9 Å². The Hall–Kier alpha value is -1.66. The van der Waals surface area contributed by atoms with Gasteiger partial charge in [-0.1, -0.05) is 11.3 Å². The van der Waals surface area contributed by atoms with Crippen molar-refractivity contribution in [2.24, 2.45) is 0 Å².